The summed E-state index contributed by atoms with van der Waals surface area (Å²) in [7, 11) is 1.61. The number of benzene rings is 2. The second-order valence-corrected chi connectivity index (χ2v) is 9.76. The van der Waals surface area contributed by atoms with E-state index in [-0.39, 0.29) is 5.91 Å². The molecule has 1 fully saturated rings. The second-order valence-electron chi connectivity index (χ2n) is 8.08. The fraction of sp³-hybridized carbons (Fsp3) is 0.385. The van der Waals surface area contributed by atoms with Crippen molar-refractivity contribution in [1.29, 1.82) is 0 Å². The lowest BCUT2D eigenvalue weighted by Crippen LogP contribution is -2.27. The van der Waals surface area contributed by atoms with E-state index < -0.39 is 0 Å². The molecule has 0 saturated carbocycles. The molecule has 1 amide bonds. The van der Waals surface area contributed by atoms with Gasteiger partial charge in [0.25, 0.3) is 5.91 Å². The zero-order valence-corrected chi connectivity index (χ0v) is 21.5. The van der Waals surface area contributed by atoms with E-state index in [1.54, 1.807) is 12.0 Å². The van der Waals surface area contributed by atoms with Gasteiger partial charge in [-0.15, -0.1) is 0 Å². The molecule has 2 aromatic rings. The summed E-state index contributed by atoms with van der Waals surface area (Å²) in [5, 5.41) is 0. The van der Waals surface area contributed by atoms with Crippen molar-refractivity contribution < 1.29 is 19.0 Å². The molecule has 5 nitrogen and oxygen atoms in total. The molecule has 0 bridgehead atoms. The standard InChI is InChI=1S/C26H31NO4S2/c1-6-27-25(28)24(33-26(27)32)16-19-9-11-21(23(15-19)29-5)30-12-7-13-31-22-14-18(4)8-10-20(22)17(2)3/h8-11,14-17H,6-7,12-13H2,1-5H3. The normalized spacial score (nSPS) is 15.0. The molecule has 1 saturated heterocycles. The molecule has 0 N–H and O–H groups in total. The number of likely N-dealkylation sites (N-methyl/N-ethyl adjacent to an activating group) is 1. The third kappa shape index (κ3) is 6.30. The second kappa shape index (κ2) is 11.6. The van der Waals surface area contributed by atoms with Gasteiger partial charge in [0.2, 0.25) is 0 Å². The largest absolute Gasteiger partial charge is 0.493 e. The molecule has 0 radical (unpaired) electrons. The van der Waals surface area contributed by atoms with Gasteiger partial charge in [0.05, 0.1) is 25.2 Å². The Morgan fingerprint density at radius 2 is 1.79 bits per heavy atom. The van der Waals surface area contributed by atoms with E-state index in [4.69, 9.17) is 26.4 Å². The Morgan fingerprint density at radius 1 is 1.06 bits per heavy atom. The number of thiocarbonyl (C=S) groups is 1. The molecule has 2 aromatic carbocycles. The molecule has 0 aliphatic carbocycles. The van der Waals surface area contributed by atoms with Gasteiger partial charge >= 0.3 is 0 Å². The van der Waals surface area contributed by atoms with Crippen LogP contribution in [0.1, 0.15) is 49.8 Å². The van der Waals surface area contributed by atoms with Gasteiger partial charge in [-0.25, -0.2) is 0 Å². The van der Waals surface area contributed by atoms with E-state index in [2.05, 4.69) is 39.0 Å². The van der Waals surface area contributed by atoms with E-state index in [0.717, 1.165) is 17.7 Å². The van der Waals surface area contributed by atoms with Crippen LogP contribution in [0, 0.1) is 6.92 Å². The number of aryl methyl sites for hydroxylation is 1. The lowest BCUT2D eigenvalue weighted by molar-refractivity contribution is -0.121. The summed E-state index contributed by atoms with van der Waals surface area (Å²) in [6.07, 6.45) is 2.58. The number of methoxy groups -OCH3 is 1. The van der Waals surface area contributed by atoms with Crippen LogP contribution >= 0.6 is 24.0 Å². The van der Waals surface area contributed by atoms with Gasteiger partial charge in [-0.3, -0.25) is 9.69 Å². The maximum absolute atomic E-state index is 12.4. The summed E-state index contributed by atoms with van der Waals surface area (Å²) in [5.41, 5.74) is 3.27. The maximum atomic E-state index is 12.4. The highest BCUT2D eigenvalue weighted by Crippen LogP contribution is 2.34. The van der Waals surface area contributed by atoms with Crippen LogP contribution in [-0.4, -0.2) is 42.0 Å². The number of thioether (sulfide) groups is 1. The van der Waals surface area contributed by atoms with Gasteiger partial charge in [-0.1, -0.05) is 56.0 Å². The molecule has 7 heteroatoms. The number of hydrogen-bond acceptors (Lipinski definition) is 6. The van der Waals surface area contributed by atoms with Gasteiger partial charge in [0.15, 0.2) is 11.5 Å². The molecular formula is C26H31NO4S2. The third-order valence-corrected chi connectivity index (χ3v) is 6.65. The molecule has 1 aliphatic heterocycles. The Balaban J connectivity index is 1.57. The SMILES string of the molecule is CCN1C(=O)C(=Cc2ccc(OCCCOc3cc(C)ccc3C(C)C)c(OC)c2)SC1=S. The molecule has 0 unspecified atom stereocenters. The average molecular weight is 486 g/mol. The predicted octanol–water partition coefficient (Wildman–Crippen LogP) is 6.20. The summed E-state index contributed by atoms with van der Waals surface area (Å²) in [6.45, 7) is 9.98. The highest BCUT2D eigenvalue weighted by atomic mass is 32.2. The molecule has 1 aliphatic rings. The quantitative estimate of drug-likeness (QED) is 0.227. The van der Waals surface area contributed by atoms with Gasteiger partial charge < -0.3 is 14.2 Å². The van der Waals surface area contributed by atoms with E-state index in [9.17, 15) is 4.79 Å². The van der Waals surface area contributed by atoms with Crippen molar-refractivity contribution in [2.75, 3.05) is 26.9 Å². The van der Waals surface area contributed by atoms with Crippen LogP contribution in [0.3, 0.4) is 0 Å². The number of rotatable bonds is 10. The van der Waals surface area contributed by atoms with Crippen molar-refractivity contribution in [1.82, 2.24) is 4.90 Å². The molecule has 0 atom stereocenters. The average Bonchev–Trinajstić information content (AvgIpc) is 3.05. The minimum Gasteiger partial charge on any atom is -0.493 e. The third-order valence-electron chi connectivity index (χ3n) is 5.27. The minimum absolute atomic E-state index is 0.0546. The number of carbonyl (C=O) groups is 1. The van der Waals surface area contributed by atoms with Crippen molar-refractivity contribution in [3.8, 4) is 17.2 Å². The summed E-state index contributed by atoms with van der Waals surface area (Å²) >= 11 is 6.60. The summed E-state index contributed by atoms with van der Waals surface area (Å²) in [5.74, 6) is 2.58. The topological polar surface area (TPSA) is 48.0 Å². The van der Waals surface area contributed by atoms with E-state index in [1.807, 2.05) is 31.2 Å². The van der Waals surface area contributed by atoms with Gasteiger partial charge in [-0.2, -0.15) is 0 Å². The van der Waals surface area contributed by atoms with Crippen molar-refractivity contribution in [3.63, 3.8) is 0 Å². The van der Waals surface area contributed by atoms with Crippen molar-refractivity contribution >= 4 is 40.3 Å². The number of hydrogen-bond donors (Lipinski definition) is 0. The molecule has 33 heavy (non-hydrogen) atoms. The molecule has 3 rings (SSSR count). The summed E-state index contributed by atoms with van der Waals surface area (Å²) in [4.78, 5) is 14.7. The van der Waals surface area contributed by atoms with Crippen LogP contribution in [0.15, 0.2) is 41.3 Å². The first-order valence-electron chi connectivity index (χ1n) is 11.1. The minimum atomic E-state index is -0.0546. The zero-order chi connectivity index (χ0) is 24.0. The lowest BCUT2D eigenvalue weighted by atomic mass is 10.0. The monoisotopic (exact) mass is 485 g/mol. The summed E-state index contributed by atoms with van der Waals surface area (Å²) < 4.78 is 18.1. The zero-order valence-electron chi connectivity index (χ0n) is 19.8. The van der Waals surface area contributed by atoms with Gasteiger partial charge in [-0.05, 0) is 60.7 Å². The summed E-state index contributed by atoms with van der Waals surface area (Å²) in [6, 6.07) is 12.0. The van der Waals surface area contributed by atoms with Crippen molar-refractivity contribution in [2.45, 2.75) is 40.0 Å². The maximum Gasteiger partial charge on any atom is 0.266 e. The first kappa shape index (κ1) is 25.1. The Bertz CT molecular complexity index is 1050. The Kier molecular flexibility index (Phi) is 8.80. The Morgan fingerprint density at radius 3 is 2.42 bits per heavy atom. The van der Waals surface area contributed by atoms with E-state index in [1.165, 1.54) is 22.9 Å². The van der Waals surface area contributed by atoms with Crippen LogP contribution in [0.2, 0.25) is 0 Å². The van der Waals surface area contributed by atoms with Crippen molar-refractivity contribution in [2.24, 2.45) is 0 Å². The Hall–Kier alpha value is -2.51. The van der Waals surface area contributed by atoms with Crippen molar-refractivity contribution in [3.05, 3.63) is 58.0 Å². The van der Waals surface area contributed by atoms with Crippen LogP contribution < -0.4 is 14.2 Å². The molecular weight excluding hydrogens is 454 g/mol. The fourth-order valence-corrected chi connectivity index (χ4v) is 4.87. The number of amides is 1. The van der Waals surface area contributed by atoms with E-state index in [0.29, 0.717) is 46.4 Å². The van der Waals surface area contributed by atoms with Crippen LogP contribution in [-0.2, 0) is 4.79 Å². The van der Waals surface area contributed by atoms with E-state index >= 15 is 0 Å². The predicted molar refractivity (Wildman–Crippen MR) is 139 cm³/mol. The highest BCUT2D eigenvalue weighted by molar-refractivity contribution is 8.26. The van der Waals surface area contributed by atoms with Gasteiger partial charge in [0, 0.05) is 13.0 Å². The smallest absolute Gasteiger partial charge is 0.266 e. The number of nitrogens with zero attached hydrogens (tertiary/aromatic N) is 1. The molecule has 1 heterocycles. The van der Waals surface area contributed by atoms with Crippen LogP contribution in [0.25, 0.3) is 6.08 Å². The number of carbonyl (C=O) groups excluding carboxylic acids is 1. The number of ether oxygens (including phenoxy) is 3. The highest BCUT2D eigenvalue weighted by Gasteiger charge is 2.30. The first-order chi connectivity index (χ1) is 15.8. The molecule has 0 spiro atoms. The lowest BCUT2D eigenvalue weighted by Gasteiger charge is -2.15. The van der Waals surface area contributed by atoms with Gasteiger partial charge in [0.1, 0.15) is 10.1 Å². The Labute approximate surface area is 206 Å². The fourth-order valence-electron chi connectivity index (χ4n) is 3.48. The molecule has 0 aromatic heterocycles. The van der Waals surface area contributed by atoms with Crippen LogP contribution in [0.4, 0.5) is 0 Å². The van der Waals surface area contributed by atoms with Crippen LogP contribution in [0.5, 0.6) is 17.2 Å². The first-order valence-corrected chi connectivity index (χ1v) is 12.4. The molecule has 176 valence electrons.